The molecule has 3 N–H and O–H groups in total. The van der Waals surface area contributed by atoms with Crippen LogP contribution in [0.2, 0.25) is 0 Å². The van der Waals surface area contributed by atoms with E-state index in [4.69, 9.17) is 0 Å². The zero-order valence-corrected chi connectivity index (χ0v) is 9.58. The number of phenols is 1. The normalized spacial score (nSPS) is 21.4. The summed E-state index contributed by atoms with van der Waals surface area (Å²) in [5.41, 5.74) is 0.992. The van der Waals surface area contributed by atoms with Gasteiger partial charge in [-0.15, -0.1) is 0 Å². The van der Waals surface area contributed by atoms with E-state index in [9.17, 15) is 5.11 Å². The summed E-state index contributed by atoms with van der Waals surface area (Å²) in [4.78, 5) is 0. The highest BCUT2D eigenvalue weighted by Gasteiger charge is 2.10. The van der Waals surface area contributed by atoms with Gasteiger partial charge in [0.15, 0.2) is 0 Å². The highest BCUT2D eigenvalue weighted by atomic mass is 16.3. The van der Waals surface area contributed by atoms with Gasteiger partial charge in [0.2, 0.25) is 0 Å². The summed E-state index contributed by atoms with van der Waals surface area (Å²) >= 11 is 0. The molecular weight excluding hydrogens is 200 g/mol. The van der Waals surface area contributed by atoms with E-state index in [-0.39, 0.29) is 0 Å². The molecule has 0 spiro atoms. The third-order valence-corrected chi connectivity index (χ3v) is 3.06. The van der Waals surface area contributed by atoms with Gasteiger partial charge >= 0.3 is 0 Å². The standard InChI is InChI=1S/C13H20N2O/c16-13-7-4-6-11(9-13)15-10-12-5-2-1-3-8-14-12/h4,6-7,9,12,14-16H,1-3,5,8,10H2. The van der Waals surface area contributed by atoms with E-state index in [0.29, 0.717) is 11.8 Å². The van der Waals surface area contributed by atoms with Crippen molar-refractivity contribution < 1.29 is 5.11 Å². The Morgan fingerprint density at radius 3 is 3.12 bits per heavy atom. The average Bonchev–Trinajstić information content (AvgIpc) is 2.55. The lowest BCUT2D eigenvalue weighted by atomic mass is 10.1. The monoisotopic (exact) mass is 220 g/mol. The Kier molecular flexibility index (Phi) is 4.05. The summed E-state index contributed by atoms with van der Waals surface area (Å²) in [7, 11) is 0. The van der Waals surface area contributed by atoms with Gasteiger partial charge in [-0.2, -0.15) is 0 Å². The molecule has 1 aromatic carbocycles. The quantitative estimate of drug-likeness (QED) is 0.732. The smallest absolute Gasteiger partial charge is 0.117 e. The van der Waals surface area contributed by atoms with Gasteiger partial charge in [0.05, 0.1) is 0 Å². The molecule has 16 heavy (non-hydrogen) atoms. The van der Waals surface area contributed by atoms with Crippen molar-refractivity contribution in [1.82, 2.24) is 5.32 Å². The van der Waals surface area contributed by atoms with Crippen molar-refractivity contribution in [2.24, 2.45) is 0 Å². The van der Waals surface area contributed by atoms with E-state index in [1.807, 2.05) is 12.1 Å². The van der Waals surface area contributed by atoms with Crippen LogP contribution < -0.4 is 10.6 Å². The predicted molar refractivity (Wildman–Crippen MR) is 66.9 cm³/mol. The molecule has 1 aliphatic heterocycles. The number of hydrogen-bond donors (Lipinski definition) is 3. The van der Waals surface area contributed by atoms with Crippen LogP contribution in [0.25, 0.3) is 0 Å². The van der Waals surface area contributed by atoms with E-state index >= 15 is 0 Å². The Morgan fingerprint density at radius 1 is 1.31 bits per heavy atom. The van der Waals surface area contributed by atoms with Crippen molar-refractivity contribution in [3.8, 4) is 5.75 Å². The fraction of sp³-hybridized carbons (Fsp3) is 0.538. The molecule has 1 fully saturated rings. The van der Waals surface area contributed by atoms with Gasteiger partial charge in [-0.05, 0) is 31.5 Å². The van der Waals surface area contributed by atoms with Crippen LogP contribution in [0.1, 0.15) is 25.7 Å². The summed E-state index contributed by atoms with van der Waals surface area (Å²) in [6.07, 6.45) is 5.20. The molecule has 1 aromatic rings. The minimum atomic E-state index is 0.318. The minimum absolute atomic E-state index is 0.318. The van der Waals surface area contributed by atoms with Gasteiger partial charge in [0.1, 0.15) is 5.75 Å². The molecule has 3 heteroatoms. The second kappa shape index (κ2) is 5.75. The van der Waals surface area contributed by atoms with Gasteiger partial charge in [-0.25, -0.2) is 0 Å². The predicted octanol–water partition coefficient (Wildman–Crippen LogP) is 2.34. The van der Waals surface area contributed by atoms with Crippen molar-refractivity contribution in [1.29, 1.82) is 0 Å². The van der Waals surface area contributed by atoms with Crippen molar-refractivity contribution >= 4 is 5.69 Å². The third kappa shape index (κ3) is 3.42. The van der Waals surface area contributed by atoms with E-state index in [0.717, 1.165) is 18.8 Å². The number of phenolic OH excluding ortho intramolecular Hbond substituents is 1. The maximum absolute atomic E-state index is 9.34. The summed E-state index contributed by atoms with van der Waals surface area (Å²) in [5, 5.41) is 16.2. The first-order chi connectivity index (χ1) is 7.84. The van der Waals surface area contributed by atoms with Crippen LogP contribution in [0.15, 0.2) is 24.3 Å². The van der Waals surface area contributed by atoms with Crippen LogP contribution in [0, 0.1) is 0 Å². The van der Waals surface area contributed by atoms with E-state index in [1.54, 1.807) is 12.1 Å². The van der Waals surface area contributed by atoms with Gasteiger partial charge in [-0.1, -0.05) is 18.9 Å². The van der Waals surface area contributed by atoms with Gasteiger partial charge < -0.3 is 15.7 Å². The zero-order valence-electron chi connectivity index (χ0n) is 9.58. The summed E-state index contributed by atoms with van der Waals surface area (Å²) < 4.78 is 0. The molecule has 1 saturated heterocycles. The molecule has 1 aliphatic rings. The van der Waals surface area contributed by atoms with Crippen molar-refractivity contribution in [2.45, 2.75) is 31.7 Å². The van der Waals surface area contributed by atoms with Crippen LogP contribution in [-0.2, 0) is 0 Å². The highest BCUT2D eigenvalue weighted by Crippen LogP contribution is 2.16. The second-order valence-electron chi connectivity index (χ2n) is 4.43. The first-order valence-corrected chi connectivity index (χ1v) is 6.11. The zero-order chi connectivity index (χ0) is 11.2. The Balaban J connectivity index is 1.81. The van der Waals surface area contributed by atoms with Crippen LogP contribution in [-0.4, -0.2) is 24.2 Å². The molecule has 0 aliphatic carbocycles. The molecule has 0 aromatic heterocycles. The fourth-order valence-electron chi connectivity index (χ4n) is 2.13. The van der Waals surface area contributed by atoms with Crippen LogP contribution in [0.3, 0.4) is 0 Å². The molecule has 1 atom stereocenters. The lowest BCUT2D eigenvalue weighted by Crippen LogP contribution is -2.34. The highest BCUT2D eigenvalue weighted by molar-refractivity contribution is 5.47. The van der Waals surface area contributed by atoms with E-state index in [1.165, 1.54) is 25.7 Å². The topological polar surface area (TPSA) is 44.3 Å². The average molecular weight is 220 g/mol. The van der Waals surface area contributed by atoms with Crippen molar-refractivity contribution in [3.05, 3.63) is 24.3 Å². The molecule has 0 radical (unpaired) electrons. The number of aromatic hydroxyl groups is 1. The maximum atomic E-state index is 9.34. The van der Waals surface area contributed by atoms with Crippen molar-refractivity contribution in [3.63, 3.8) is 0 Å². The van der Waals surface area contributed by atoms with Crippen LogP contribution in [0.4, 0.5) is 5.69 Å². The molecule has 0 amide bonds. The van der Waals surface area contributed by atoms with Crippen LogP contribution in [0.5, 0.6) is 5.75 Å². The number of nitrogens with one attached hydrogen (secondary N) is 2. The Morgan fingerprint density at radius 2 is 2.25 bits per heavy atom. The van der Waals surface area contributed by atoms with Crippen LogP contribution >= 0.6 is 0 Å². The fourth-order valence-corrected chi connectivity index (χ4v) is 2.13. The molecular formula is C13H20N2O. The molecule has 0 saturated carbocycles. The summed E-state index contributed by atoms with van der Waals surface area (Å²) in [6, 6.07) is 7.85. The Hall–Kier alpha value is -1.22. The molecule has 3 nitrogen and oxygen atoms in total. The number of hydrogen-bond acceptors (Lipinski definition) is 3. The second-order valence-corrected chi connectivity index (χ2v) is 4.43. The van der Waals surface area contributed by atoms with Gasteiger partial charge in [0.25, 0.3) is 0 Å². The SMILES string of the molecule is Oc1cccc(NCC2CCCCCN2)c1. The number of rotatable bonds is 3. The molecule has 1 unspecified atom stereocenters. The van der Waals surface area contributed by atoms with E-state index in [2.05, 4.69) is 10.6 Å². The lowest BCUT2D eigenvalue weighted by Gasteiger charge is -2.17. The molecule has 2 rings (SSSR count). The Labute approximate surface area is 96.9 Å². The van der Waals surface area contributed by atoms with Gasteiger partial charge in [-0.3, -0.25) is 0 Å². The first-order valence-electron chi connectivity index (χ1n) is 6.11. The Bertz CT molecular complexity index is 319. The molecule has 88 valence electrons. The largest absolute Gasteiger partial charge is 0.508 e. The third-order valence-electron chi connectivity index (χ3n) is 3.06. The molecule has 1 heterocycles. The van der Waals surface area contributed by atoms with Crippen molar-refractivity contribution in [2.75, 3.05) is 18.4 Å². The first kappa shape index (κ1) is 11.3. The number of benzene rings is 1. The summed E-state index contributed by atoms with van der Waals surface area (Å²) in [5.74, 6) is 0.318. The number of anilines is 1. The lowest BCUT2D eigenvalue weighted by molar-refractivity contribution is 0.475. The molecule has 0 bridgehead atoms. The van der Waals surface area contributed by atoms with Gasteiger partial charge in [0, 0.05) is 24.3 Å². The summed E-state index contributed by atoms with van der Waals surface area (Å²) in [6.45, 7) is 2.07. The maximum Gasteiger partial charge on any atom is 0.117 e. The minimum Gasteiger partial charge on any atom is -0.508 e. The van der Waals surface area contributed by atoms with E-state index < -0.39 is 0 Å².